The van der Waals surface area contributed by atoms with Gasteiger partial charge in [-0.1, -0.05) is 36.4 Å². The Morgan fingerprint density at radius 3 is 0.515 bits per heavy atom. The summed E-state index contributed by atoms with van der Waals surface area (Å²) in [7, 11) is -35.1. The number of nitrogens with zero attached hydrogens (tertiary/aromatic N) is 2. The third-order valence-corrected chi connectivity index (χ3v) is 20.4. The van der Waals surface area contributed by atoms with E-state index in [-0.39, 0.29) is 63.8 Å². The van der Waals surface area contributed by atoms with Crippen molar-refractivity contribution >= 4 is 70.4 Å². The van der Waals surface area contributed by atoms with E-state index < -0.39 is 99.9 Å². The molecule has 2 aromatic carbocycles. The minimum Gasteiger partial charge on any atom is -1.00 e. The monoisotopic (exact) mass is 1170 g/mol. The molecule has 0 N–H and O–H groups in total. The van der Waals surface area contributed by atoms with Gasteiger partial charge < -0.3 is 12.4 Å². The predicted octanol–water partition coefficient (Wildman–Crippen LogP) is 0.249. The Balaban J connectivity index is -0.000000407. The Kier molecular flexibility index (Phi) is 24.7. The molecule has 0 amide bonds. The molecule has 0 aliphatic heterocycles. The standard InChI is InChI=1S/2C9H14N.2C4F9O6S3.ClH.K/c2*1-10(2,3)9-7-5-4-6-8-9;2*5-2(6,7)20(14,15)1(21(16,17)3(8,9)10)22(18,19)4(11,12)13;;/h2*4-8H,1-3H3;;;1H;/q2*+1;2*-1;;+1/p-1. The summed E-state index contributed by atoms with van der Waals surface area (Å²) >= 11 is 0. The molecule has 0 radical (unpaired) electrons. The second kappa shape index (κ2) is 22.9. The number of hydrogen-bond donors (Lipinski definition) is 0. The van der Waals surface area contributed by atoms with Crippen molar-refractivity contribution in [3.8, 4) is 0 Å². The molecular weight excluding hydrogens is 1140 g/mol. The minimum absolute atomic E-state index is 0. The van der Waals surface area contributed by atoms with Crippen molar-refractivity contribution in [2.45, 2.75) is 33.0 Å². The Morgan fingerprint density at radius 1 is 0.318 bits per heavy atom. The maximum Gasteiger partial charge on any atom is 1.00 e. The SMILES string of the molecule is C[N+](C)(C)c1ccccc1.C[N+](C)(C)c1ccccc1.O=S(=O)([C-](S(=O)(=O)C(F)(F)F)S(=O)(=O)C(F)(F)F)C(F)(F)F.O=S(=O)([C-](S(=O)(=O)C(F)(F)F)S(=O)(=O)C(F)(F)F)C(F)(F)F.[Cl-].[K+]. The summed E-state index contributed by atoms with van der Waals surface area (Å²) < 4.78 is 337. The quantitative estimate of drug-likeness (QED) is 0.151. The Morgan fingerprint density at radius 2 is 0.439 bits per heavy atom. The number of alkyl halides is 18. The average molecular weight is 1170 g/mol. The van der Waals surface area contributed by atoms with Gasteiger partial charge in [0.15, 0.2) is 59.0 Å². The van der Waals surface area contributed by atoms with E-state index in [1.807, 2.05) is 12.1 Å². The topological polar surface area (TPSA) is 205 Å². The van der Waals surface area contributed by atoms with Crippen LogP contribution in [0.1, 0.15) is 0 Å². The molecule has 0 fully saturated rings. The number of benzene rings is 2. The molecule has 0 spiro atoms. The van der Waals surface area contributed by atoms with Gasteiger partial charge in [0.2, 0.25) is 0 Å². The van der Waals surface area contributed by atoms with Crippen molar-refractivity contribution in [2.24, 2.45) is 0 Å². The van der Waals surface area contributed by atoms with Gasteiger partial charge in [-0.3, -0.25) is 59.5 Å². The molecule has 2 aromatic rings. The van der Waals surface area contributed by atoms with Crippen molar-refractivity contribution in [2.75, 3.05) is 42.3 Å². The van der Waals surface area contributed by atoms with Gasteiger partial charge in [-0.25, -0.2) is 0 Å². The first-order chi connectivity index (χ1) is 27.4. The average Bonchev–Trinajstić information content (AvgIpc) is 3.02. The molecule has 40 heteroatoms. The molecule has 0 unspecified atom stereocenters. The van der Waals surface area contributed by atoms with Gasteiger partial charge in [0, 0.05) is 0 Å². The fourth-order valence-electron chi connectivity index (χ4n) is 3.18. The van der Waals surface area contributed by atoms with Crippen LogP contribution in [0.15, 0.2) is 60.7 Å². The molecule has 0 atom stereocenters. The second-order valence-corrected chi connectivity index (χ2v) is 25.7. The molecule has 0 aliphatic carbocycles. The second-order valence-electron chi connectivity index (χ2n) is 12.9. The Labute approximate surface area is 412 Å². The molecule has 2 rings (SSSR count). The van der Waals surface area contributed by atoms with Gasteiger partial charge >= 0.3 is 84.4 Å². The summed E-state index contributed by atoms with van der Waals surface area (Å²) in [4.78, 5) is 0. The summed E-state index contributed by atoms with van der Waals surface area (Å²) in [5.74, 6) is 0. The van der Waals surface area contributed by atoms with Crippen molar-refractivity contribution in [1.29, 1.82) is 0 Å². The van der Waals surface area contributed by atoms with E-state index in [4.69, 9.17) is 0 Å². The summed E-state index contributed by atoms with van der Waals surface area (Å²) in [6.45, 7) is 0. The fraction of sp³-hybridized carbons (Fsp3) is 0.462. The van der Waals surface area contributed by atoms with E-state index in [0.717, 1.165) is 8.97 Å². The van der Waals surface area contributed by atoms with Crippen LogP contribution in [0.4, 0.5) is 90.4 Å². The first kappa shape index (κ1) is 71.3. The molecule has 0 heterocycles. The third-order valence-electron chi connectivity index (χ3n) is 6.21. The summed E-state index contributed by atoms with van der Waals surface area (Å²) in [6, 6.07) is 20.9. The van der Waals surface area contributed by atoms with Gasteiger partial charge in [-0.2, -0.15) is 79.0 Å². The largest absolute Gasteiger partial charge is 1.00 e. The van der Waals surface area contributed by atoms with Crippen LogP contribution < -0.4 is 72.8 Å². The van der Waals surface area contributed by atoms with Crippen LogP contribution in [-0.4, -0.2) is 126 Å². The number of halogens is 19. The molecule has 66 heavy (non-hydrogen) atoms. The van der Waals surface area contributed by atoms with Crippen LogP contribution in [0.25, 0.3) is 0 Å². The van der Waals surface area contributed by atoms with Crippen LogP contribution >= 0.6 is 0 Å². The van der Waals surface area contributed by atoms with Crippen LogP contribution in [0.2, 0.25) is 0 Å². The molecule has 14 nitrogen and oxygen atoms in total. The van der Waals surface area contributed by atoms with Gasteiger partial charge in [-0.15, -0.1) is 0 Å². The predicted molar refractivity (Wildman–Crippen MR) is 188 cm³/mol. The van der Waals surface area contributed by atoms with Crippen molar-refractivity contribution in [3.05, 3.63) is 68.5 Å². The smallest absolute Gasteiger partial charge is 1.00 e. The van der Waals surface area contributed by atoms with E-state index in [9.17, 15) is 130 Å². The van der Waals surface area contributed by atoms with E-state index in [1.54, 1.807) is 0 Å². The molecule has 0 aromatic heterocycles. The summed E-state index contributed by atoms with van der Waals surface area (Å²) in [6.07, 6.45) is 0. The van der Waals surface area contributed by atoms with E-state index in [1.165, 1.54) is 11.4 Å². The molecule has 384 valence electrons. The van der Waals surface area contributed by atoms with Crippen molar-refractivity contribution < 1.29 is 193 Å². The zero-order valence-electron chi connectivity index (χ0n) is 33.2. The number of rotatable bonds is 8. The Hall–Kier alpha value is -1.27. The zero-order chi connectivity index (χ0) is 52.4. The van der Waals surface area contributed by atoms with Gasteiger partial charge in [0.1, 0.15) is 11.4 Å². The van der Waals surface area contributed by atoms with Crippen molar-refractivity contribution in [1.82, 2.24) is 8.97 Å². The maximum atomic E-state index is 12.0. The normalized spacial score (nSPS) is 14.2. The third kappa shape index (κ3) is 17.5. The maximum absolute atomic E-state index is 12.0. The Bertz CT molecular complexity index is 2180. The van der Waals surface area contributed by atoms with E-state index in [2.05, 4.69) is 90.8 Å². The van der Waals surface area contributed by atoms with Crippen LogP contribution in [0.3, 0.4) is 0 Å². The molecule has 0 aliphatic rings. The minimum atomic E-state index is -8.02. The molecule has 0 saturated heterocycles. The zero-order valence-corrected chi connectivity index (χ0v) is 42.0. The van der Waals surface area contributed by atoms with E-state index in [0.29, 0.717) is 0 Å². The number of quaternary nitrogens is 2. The van der Waals surface area contributed by atoms with Gasteiger partial charge in [-0.05, 0) is 24.3 Å². The first-order valence-corrected chi connectivity index (χ1v) is 23.7. The number of hydrogen-bond acceptors (Lipinski definition) is 12. The summed E-state index contributed by atoms with van der Waals surface area (Å²) in [5.41, 5.74) is -39.7. The van der Waals surface area contributed by atoms with Gasteiger partial charge in [0.05, 0.1) is 50.1 Å². The summed E-state index contributed by atoms with van der Waals surface area (Å²) in [5, 5.41) is 0. The van der Waals surface area contributed by atoms with E-state index >= 15 is 0 Å². The van der Waals surface area contributed by atoms with Crippen LogP contribution in [-0.2, 0) is 59.0 Å². The van der Waals surface area contributed by atoms with Gasteiger partial charge in [0.25, 0.3) is 0 Å². The molecular formula is C26H28ClF18KN2O12S6. The first-order valence-electron chi connectivity index (χ1n) is 14.8. The number of sulfone groups is 6. The van der Waals surface area contributed by atoms with Crippen molar-refractivity contribution in [3.63, 3.8) is 0 Å². The van der Waals surface area contributed by atoms with Crippen LogP contribution in [0.5, 0.6) is 0 Å². The fourth-order valence-corrected chi connectivity index (χ4v) is 14.7. The number of para-hydroxylation sites is 2. The van der Waals surface area contributed by atoms with Crippen LogP contribution in [0, 0.1) is 7.83 Å². The molecule has 0 saturated carbocycles. The molecule has 0 bridgehead atoms.